The van der Waals surface area contributed by atoms with Gasteiger partial charge in [-0.15, -0.1) is 0 Å². The molecule has 0 radical (unpaired) electrons. The van der Waals surface area contributed by atoms with Crippen LogP contribution in [0.1, 0.15) is 33.4 Å². The summed E-state index contributed by atoms with van der Waals surface area (Å²) >= 11 is 1.82. The van der Waals surface area contributed by atoms with Crippen LogP contribution < -0.4 is 0 Å². The molecule has 0 N–H and O–H groups in total. The summed E-state index contributed by atoms with van der Waals surface area (Å²) in [5.74, 6) is 1.27. The number of hydrogen-bond acceptors (Lipinski definition) is 6. The molecule has 1 spiro atoms. The van der Waals surface area contributed by atoms with Crippen molar-refractivity contribution in [3.05, 3.63) is 215 Å². The van der Waals surface area contributed by atoms with Crippen LogP contribution in [0.3, 0.4) is 0 Å². The fourth-order valence-electron chi connectivity index (χ4n) is 9.71. The van der Waals surface area contributed by atoms with Crippen molar-refractivity contribution in [3.8, 4) is 63.1 Å². The smallest absolute Gasteiger partial charge is 0.165 e. The second-order valence-electron chi connectivity index (χ2n) is 15.3. The Kier molecular flexibility index (Phi) is 7.71. The van der Waals surface area contributed by atoms with Gasteiger partial charge in [0.05, 0.1) is 39.3 Å². The van der Waals surface area contributed by atoms with Gasteiger partial charge in [0.1, 0.15) is 6.07 Å². The van der Waals surface area contributed by atoms with E-state index in [1.807, 2.05) is 84.6 Å². The summed E-state index contributed by atoms with van der Waals surface area (Å²) in [5, 5.41) is 24.2. The maximum atomic E-state index is 11.1. The van der Waals surface area contributed by atoms with Crippen molar-refractivity contribution in [1.29, 1.82) is 10.5 Å². The number of aromatic nitrogens is 4. The molecule has 2 aromatic heterocycles. The largest absolute Gasteiger partial charge is 0.307 e. The Morgan fingerprint density at radius 1 is 0.459 bits per heavy atom. The van der Waals surface area contributed by atoms with E-state index in [1.165, 1.54) is 32.0 Å². The third-order valence-electron chi connectivity index (χ3n) is 12.2. The molecule has 0 fully saturated rings. The molecule has 6 nitrogen and oxygen atoms in total. The molecule has 0 bridgehead atoms. The minimum atomic E-state index is -0.578. The van der Waals surface area contributed by atoms with Crippen LogP contribution in [0.2, 0.25) is 0 Å². The van der Waals surface area contributed by atoms with Gasteiger partial charge in [0.25, 0.3) is 0 Å². The van der Waals surface area contributed by atoms with E-state index in [1.54, 1.807) is 6.07 Å². The maximum absolute atomic E-state index is 11.1. The minimum absolute atomic E-state index is 0.318. The zero-order valence-electron chi connectivity index (χ0n) is 32.4. The second kappa shape index (κ2) is 13.5. The molecule has 0 saturated carbocycles. The summed E-state index contributed by atoms with van der Waals surface area (Å²) in [6.07, 6.45) is 0. The highest BCUT2D eigenvalue weighted by molar-refractivity contribution is 7.99. The highest BCUT2D eigenvalue weighted by Gasteiger charge is 2.51. The normalized spacial score (nSPS) is 13.0. The van der Waals surface area contributed by atoms with Crippen LogP contribution in [-0.4, -0.2) is 19.5 Å². The van der Waals surface area contributed by atoms with Crippen molar-refractivity contribution in [3.63, 3.8) is 0 Å². The van der Waals surface area contributed by atoms with E-state index >= 15 is 0 Å². The zero-order chi connectivity index (χ0) is 40.7. The molecule has 282 valence electrons. The Morgan fingerprint density at radius 2 is 1.02 bits per heavy atom. The lowest BCUT2D eigenvalue weighted by atomic mass is 9.67. The van der Waals surface area contributed by atoms with Crippen LogP contribution in [0.5, 0.6) is 0 Å². The van der Waals surface area contributed by atoms with Gasteiger partial charge in [0.2, 0.25) is 0 Å². The number of para-hydroxylation sites is 1. The lowest BCUT2D eigenvalue weighted by Crippen LogP contribution is -2.31. The van der Waals surface area contributed by atoms with Gasteiger partial charge in [0.15, 0.2) is 17.5 Å². The Bertz CT molecular complexity index is 3440. The average Bonchev–Trinajstić information content (AvgIpc) is 3.82. The van der Waals surface area contributed by atoms with E-state index < -0.39 is 5.41 Å². The molecular weight excluding hydrogens is 765 g/mol. The second-order valence-corrected chi connectivity index (χ2v) is 16.4. The summed E-state index contributed by atoms with van der Waals surface area (Å²) in [6, 6.07) is 67.4. The van der Waals surface area contributed by atoms with Gasteiger partial charge in [-0.25, -0.2) is 15.0 Å². The van der Waals surface area contributed by atoms with Crippen LogP contribution in [0.15, 0.2) is 192 Å². The van der Waals surface area contributed by atoms with Gasteiger partial charge in [0, 0.05) is 42.8 Å². The molecular formula is C54H30N6S. The number of nitrogens with zero attached hydrogens (tertiary/aromatic N) is 6. The molecule has 10 aromatic rings. The molecule has 12 rings (SSSR count). The summed E-state index contributed by atoms with van der Waals surface area (Å²) in [7, 11) is 0. The number of nitriles is 2. The highest BCUT2D eigenvalue weighted by Crippen LogP contribution is 2.63. The quantitative estimate of drug-likeness (QED) is 0.176. The Morgan fingerprint density at radius 3 is 1.67 bits per heavy atom. The Labute approximate surface area is 355 Å². The zero-order valence-corrected chi connectivity index (χ0v) is 33.2. The van der Waals surface area contributed by atoms with Crippen molar-refractivity contribution in [1.82, 2.24) is 19.5 Å². The third kappa shape index (κ3) is 4.99. The third-order valence-corrected chi connectivity index (χ3v) is 13.4. The molecule has 61 heavy (non-hydrogen) atoms. The van der Waals surface area contributed by atoms with E-state index in [2.05, 4.69) is 120 Å². The first-order valence-corrected chi connectivity index (χ1v) is 20.9. The van der Waals surface area contributed by atoms with E-state index in [-0.39, 0.29) is 0 Å². The summed E-state index contributed by atoms with van der Waals surface area (Å²) in [5.41, 5.74) is 12.0. The standard InChI is InChI=1S/C54H30N6S/c55-31-35-30-46(36(32-56)29-40(35)53-58-51(33-15-3-1-4-16-33)57-52(59-53)34-17-5-2-6-18-34)60-45-24-12-8-19-37(45)38-27-28-44-49(50(38)60)39-20-7-9-21-41(39)54(44)42-22-10-13-25-47(42)61-48-26-14-11-23-43(48)54/h1-30H. The van der Waals surface area contributed by atoms with E-state index in [0.717, 1.165) is 44.1 Å². The van der Waals surface area contributed by atoms with Gasteiger partial charge >= 0.3 is 0 Å². The SMILES string of the molecule is N#Cc1cc(-n2c3ccccc3c3ccc4c(c32)-c2ccccc2C42c3ccccc3Sc3ccccc32)c(C#N)cc1-c1nc(-c2ccccc2)nc(-c2ccccc2)n1. The van der Waals surface area contributed by atoms with Gasteiger partial charge < -0.3 is 4.57 Å². The van der Waals surface area contributed by atoms with Crippen LogP contribution in [0, 0.1) is 22.7 Å². The number of hydrogen-bond donors (Lipinski definition) is 0. The number of benzene rings is 8. The molecule has 0 atom stereocenters. The van der Waals surface area contributed by atoms with Gasteiger partial charge in [-0.05, 0) is 58.1 Å². The van der Waals surface area contributed by atoms with Crippen LogP contribution in [0.4, 0.5) is 0 Å². The van der Waals surface area contributed by atoms with Crippen molar-refractivity contribution in [2.75, 3.05) is 0 Å². The molecule has 1 aliphatic carbocycles. The monoisotopic (exact) mass is 794 g/mol. The molecule has 8 aromatic carbocycles. The highest BCUT2D eigenvalue weighted by atomic mass is 32.2. The molecule has 0 amide bonds. The Hall–Kier alpha value is -8.10. The number of fused-ring (bicyclic) bond motifs is 13. The average molecular weight is 795 g/mol. The fourth-order valence-corrected chi connectivity index (χ4v) is 10.9. The molecule has 7 heteroatoms. The van der Waals surface area contributed by atoms with Crippen LogP contribution in [0.25, 0.3) is 72.8 Å². The van der Waals surface area contributed by atoms with Crippen molar-refractivity contribution in [2.24, 2.45) is 0 Å². The Balaban J connectivity index is 1.16. The summed E-state index contributed by atoms with van der Waals surface area (Å²) in [4.78, 5) is 17.2. The first-order chi connectivity index (χ1) is 30.2. The lowest BCUT2D eigenvalue weighted by molar-refractivity contribution is 0.723. The molecule has 0 saturated heterocycles. The fraction of sp³-hybridized carbons (Fsp3) is 0.0185. The van der Waals surface area contributed by atoms with E-state index in [4.69, 9.17) is 15.0 Å². The summed E-state index contributed by atoms with van der Waals surface area (Å²) in [6.45, 7) is 0. The van der Waals surface area contributed by atoms with Crippen LogP contribution >= 0.6 is 11.8 Å². The maximum Gasteiger partial charge on any atom is 0.165 e. The predicted molar refractivity (Wildman–Crippen MR) is 241 cm³/mol. The van der Waals surface area contributed by atoms with Crippen LogP contribution in [-0.2, 0) is 5.41 Å². The molecule has 2 aliphatic rings. The van der Waals surface area contributed by atoms with Gasteiger partial charge in [-0.3, -0.25) is 0 Å². The first-order valence-electron chi connectivity index (χ1n) is 20.1. The molecule has 1 aliphatic heterocycles. The summed E-state index contributed by atoms with van der Waals surface area (Å²) < 4.78 is 2.20. The lowest BCUT2D eigenvalue weighted by Gasteiger charge is -2.39. The van der Waals surface area contributed by atoms with Gasteiger partial charge in [-0.2, -0.15) is 10.5 Å². The first kappa shape index (κ1) is 34.9. The predicted octanol–water partition coefficient (Wildman–Crippen LogP) is 12.5. The van der Waals surface area contributed by atoms with Crippen molar-refractivity contribution < 1.29 is 0 Å². The number of rotatable bonds is 4. The van der Waals surface area contributed by atoms with Gasteiger partial charge in [-0.1, -0.05) is 163 Å². The van der Waals surface area contributed by atoms with Crippen molar-refractivity contribution >= 4 is 33.6 Å². The van der Waals surface area contributed by atoms with E-state index in [9.17, 15) is 10.5 Å². The topological polar surface area (TPSA) is 91.2 Å². The minimum Gasteiger partial charge on any atom is -0.307 e. The van der Waals surface area contributed by atoms with E-state index in [0.29, 0.717) is 39.9 Å². The molecule has 3 heterocycles. The molecule has 0 unspecified atom stereocenters. The van der Waals surface area contributed by atoms with Crippen molar-refractivity contribution in [2.45, 2.75) is 15.2 Å².